The highest BCUT2D eigenvalue weighted by Gasteiger charge is 2.14. The van der Waals surface area contributed by atoms with Crippen LogP contribution in [-0.2, 0) is 0 Å². The zero-order valence-corrected chi connectivity index (χ0v) is 13.3. The molecule has 0 aliphatic heterocycles. The monoisotopic (exact) mass is 351 g/mol. The van der Waals surface area contributed by atoms with Gasteiger partial charge in [-0.05, 0) is 56.3 Å². The summed E-state index contributed by atoms with van der Waals surface area (Å²) in [7, 11) is 0. The van der Waals surface area contributed by atoms with Crippen LogP contribution in [0.4, 0.5) is 10.1 Å². The van der Waals surface area contributed by atoms with Crippen molar-refractivity contribution in [3.8, 4) is 5.75 Å². The lowest BCUT2D eigenvalue weighted by Crippen LogP contribution is -2.15. The van der Waals surface area contributed by atoms with Crippen LogP contribution in [0.3, 0.4) is 0 Å². The highest BCUT2D eigenvalue weighted by Crippen LogP contribution is 2.25. The van der Waals surface area contributed by atoms with Gasteiger partial charge in [-0.2, -0.15) is 0 Å². The van der Waals surface area contributed by atoms with Crippen LogP contribution in [0.5, 0.6) is 5.75 Å². The maximum Gasteiger partial charge on any atom is 0.259 e. The Kier molecular flexibility index (Phi) is 4.96. The summed E-state index contributed by atoms with van der Waals surface area (Å²) in [4.78, 5) is 12.3. The topological polar surface area (TPSA) is 38.3 Å². The van der Waals surface area contributed by atoms with Gasteiger partial charge < -0.3 is 10.1 Å². The second-order valence-electron chi connectivity index (χ2n) is 4.77. The third kappa shape index (κ3) is 4.29. The van der Waals surface area contributed by atoms with Crippen molar-refractivity contribution in [3.05, 3.63) is 58.3 Å². The molecule has 0 aromatic heterocycles. The van der Waals surface area contributed by atoms with Crippen LogP contribution < -0.4 is 10.1 Å². The molecule has 21 heavy (non-hydrogen) atoms. The molecule has 0 unspecified atom stereocenters. The molecular weight excluding hydrogens is 337 g/mol. The second-order valence-corrected chi connectivity index (χ2v) is 5.68. The smallest absolute Gasteiger partial charge is 0.259 e. The zero-order valence-electron chi connectivity index (χ0n) is 11.7. The molecule has 110 valence electrons. The van der Waals surface area contributed by atoms with E-state index < -0.39 is 0 Å². The van der Waals surface area contributed by atoms with Crippen molar-refractivity contribution in [2.45, 2.75) is 20.0 Å². The van der Waals surface area contributed by atoms with E-state index in [-0.39, 0.29) is 17.8 Å². The molecule has 0 saturated carbocycles. The number of amides is 1. The normalized spacial score (nSPS) is 10.5. The minimum atomic E-state index is -0.348. The van der Waals surface area contributed by atoms with Crippen LogP contribution in [0, 0.1) is 5.82 Å². The number of carbonyl (C=O) groups excluding carboxylic acids is 1. The number of benzene rings is 2. The molecule has 5 heteroatoms. The molecule has 1 N–H and O–H groups in total. The van der Waals surface area contributed by atoms with Gasteiger partial charge in [0.25, 0.3) is 5.91 Å². The molecule has 0 heterocycles. The van der Waals surface area contributed by atoms with Gasteiger partial charge in [0.1, 0.15) is 11.6 Å². The van der Waals surface area contributed by atoms with E-state index in [1.54, 1.807) is 12.1 Å². The van der Waals surface area contributed by atoms with E-state index in [1.807, 2.05) is 19.9 Å². The largest absolute Gasteiger partial charge is 0.490 e. The van der Waals surface area contributed by atoms with E-state index in [2.05, 4.69) is 21.2 Å². The van der Waals surface area contributed by atoms with E-state index >= 15 is 0 Å². The number of hydrogen-bond donors (Lipinski definition) is 1. The first-order valence-corrected chi connectivity index (χ1v) is 7.28. The highest BCUT2D eigenvalue weighted by atomic mass is 79.9. The molecule has 0 aliphatic rings. The van der Waals surface area contributed by atoms with Crippen molar-refractivity contribution in [1.82, 2.24) is 0 Å². The summed E-state index contributed by atoms with van der Waals surface area (Å²) in [6.45, 7) is 3.79. The van der Waals surface area contributed by atoms with Gasteiger partial charge in [0.2, 0.25) is 0 Å². The molecule has 0 atom stereocenters. The number of rotatable bonds is 4. The van der Waals surface area contributed by atoms with E-state index in [1.165, 1.54) is 24.3 Å². The fourth-order valence-electron chi connectivity index (χ4n) is 1.77. The second kappa shape index (κ2) is 6.72. The van der Waals surface area contributed by atoms with Crippen LogP contribution >= 0.6 is 15.9 Å². The van der Waals surface area contributed by atoms with Gasteiger partial charge in [0.05, 0.1) is 11.7 Å². The standard InChI is InChI=1S/C16H15BrFNO2/c1-10(2)21-15-8-3-11(17)9-14(15)16(20)19-13-6-4-12(18)5-7-13/h3-10H,1-2H3,(H,19,20). The van der Waals surface area contributed by atoms with Crippen molar-refractivity contribution in [2.75, 3.05) is 5.32 Å². The van der Waals surface area contributed by atoms with Crippen molar-refractivity contribution >= 4 is 27.5 Å². The average molecular weight is 352 g/mol. The SMILES string of the molecule is CC(C)Oc1ccc(Br)cc1C(=O)Nc1ccc(F)cc1. The summed E-state index contributed by atoms with van der Waals surface area (Å²) in [5.74, 6) is -0.148. The van der Waals surface area contributed by atoms with Crippen LogP contribution in [0.2, 0.25) is 0 Å². The number of halogens is 2. The van der Waals surface area contributed by atoms with Gasteiger partial charge in [-0.1, -0.05) is 15.9 Å². The van der Waals surface area contributed by atoms with Gasteiger partial charge in [-0.15, -0.1) is 0 Å². The molecule has 2 aromatic rings. The predicted molar refractivity (Wildman–Crippen MR) is 84.3 cm³/mol. The minimum absolute atomic E-state index is 0.0384. The Bertz CT molecular complexity index is 641. The highest BCUT2D eigenvalue weighted by molar-refractivity contribution is 9.10. The molecule has 2 aromatic carbocycles. The summed E-state index contributed by atoms with van der Waals surface area (Å²) < 4.78 is 19.3. The number of anilines is 1. The van der Waals surface area contributed by atoms with Crippen LogP contribution in [0.25, 0.3) is 0 Å². The molecule has 0 spiro atoms. The van der Waals surface area contributed by atoms with Gasteiger partial charge >= 0.3 is 0 Å². The summed E-state index contributed by atoms with van der Waals surface area (Å²) in [5.41, 5.74) is 0.944. The molecule has 0 bridgehead atoms. The molecule has 0 fully saturated rings. The van der Waals surface area contributed by atoms with Crippen LogP contribution in [0.1, 0.15) is 24.2 Å². The van der Waals surface area contributed by atoms with Gasteiger partial charge in [-0.3, -0.25) is 4.79 Å². The number of nitrogens with one attached hydrogen (secondary N) is 1. The fraction of sp³-hybridized carbons (Fsp3) is 0.188. The number of hydrogen-bond acceptors (Lipinski definition) is 2. The Morgan fingerprint density at radius 2 is 1.86 bits per heavy atom. The average Bonchev–Trinajstić information content (AvgIpc) is 2.43. The lowest BCUT2D eigenvalue weighted by atomic mass is 10.1. The quantitative estimate of drug-likeness (QED) is 0.872. The van der Waals surface area contributed by atoms with Gasteiger partial charge in [0.15, 0.2) is 0 Å². The van der Waals surface area contributed by atoms with E-state index in [4.69, 9.17) is 4.74 Å². The lowest BCUT2D eigenvalue weighted by Gasteiger charge is -2.14. The Morgan fingerprint density at radius 3 is 2.48 bits per heavy atom. The summed E-state index contributed by atoms with van der Waals surface area (Å²) >= 11 is 3.34. The molecular formula is C16H15BrFNO2. The molecule has 0 aliphatic carbocycles. The Morgan fingerprint density at radius 1 is 1.19 bits per heavy atom. The maximum absolute atomic E-state index is 12.9. The predicted octanol–water partition coefficient (Wildman–Crippen LogP) is 4.63. The fourth-order valence-corrected chi connectivity index (χ4v) is 2.13. The van der Waals surface area contributed by atoms with Crippen molar-refractivity contribution in [3.63, 3.8) is 0 Å². The minimum Gasteiger partial charge on any atom is -0.490 e. The van der Waals surface area contributed by atoms with Crippen LogP contribution in [0.15, 0.2) is 46.9 Å². The van der Waals surface area contributed by atoms with Crippen LogP contribution in [-0.4, -0.2) is 12.0 Å². The third-order valence-electron chi connectivity index (χ3n) is 2.65. The summed E-state index contributed by atoms with van der Waals surface area (Å²) in [6, 6.07) is 10.8. The first-order chi connectivity index (χ1) is 9.95. The zero-order chi connectivity index (χ0) is 15.4. The maximum atomic E-state index is 12.9. The Hall–Kier alpha value is -1.88. The van der Waals surface area contributed by atoms with Crippen molar-refractivity contribution < 1.29 is 13.9 Å². The van der Waals surface area contributed by atoms with E-state index in [9.17, 15) is 9.18 Å². The van der Waals surface area contributed by atoms with Crippen molar-refractivity contribution in [2.24, 2.45) is 0 Å². The first kappa shape index (κ1) is 15.5. The molecule has 3 nitrogen and oxygen atoms in total. The summed E-state index contributed by atoms with van der Waals surface area (Å²) in [5, 5.41) is 2.72. The van der Waals surface area contributed by atoms with Gasteiger partial charge in [-0.25, -0.2) is 4.39 Å². The number of carbonyl (C=O) groups is 1. The Labute approximate surface area is 131 Å². The van der Waals surface area contributed by atoms with E-state index in [0.717, 1.165) is 4.47 Å². The summed E-state index contributed by atoms with van der Waals surface area (Å²) in [6.07, 6.45) is -0.0384. The first-order valence-electron chi connectivity index (χ1n) is 6.49. The molecule has 1 amide bonds. The Balaban J connectivity index is 2.25. The molecule has 0 saturated heterocycles. The molecule has 2 rings (SSSR count). The third-order valence-corrected chi connectivity index (χ3v) is 3.14. The van der Waals surface area contributed by atoms with Gasteiger partial charge in [0, 0.05) is 10.2 Å². The number of ether oxygens (including phenoxy) is 1. The van der Waals surface area contributed by atoms with E-state index in [0.29, 0.717) is 17.0 Å². The molecule has 0 radical (unpaired) electrons. The lowest BCUT2D eigenvalue weighted by molar-refractivity contribution is 0.102. The van der Waals surface area contributed by atoms with Crippen molar-refractivity contribution in [1.29, 1.82) is 0 Å².